The lowest BCUT2D eigenvalue weighted by Gasteiger charge is -2.27. The molecule has 1 aliphatic rings. The van der Waals surface area contributed by atoms with Gasteiger partial charge in [-0.15, -0.1) is 0 Å². The van der Waals surface area contributed by atoms with Gasteiger partial charge in [0.25, 0.3) is 0 Å². The van der Waals surface area contributed by atoms with E-state index in [-0.39, 0.29) is 10.3 Å². The van der Waals surface area contributed by atoms with Gasteiger partial charge in [0.15, 0.2) is 0 Å². The Kier molecular flexibility index (Phi) is 3.77. The highest BCUT2D eigenvalue weighted by molar-refractivity contribution is 7.89. The number of aryl methyl sites for hydroxylation is 1. The topological polar surface area (TPSA) is 74.8 Å². The van der Waals surface area contributed by atoms with E-state index < -0.39 is 10.0 Å². The highest BCUT2D eigenvalue weighted by Crippen LogP contribution is 2.40. The van der Waals surface area contributed by atoms with E-state index in [1.807, 2.05) is 0 Å². The van der Waals surface area contributed by atoms with E-state index in [4.69, 9.17) is 0 Å². The smallest absolute Gasteiger partial charge is 0.243 e. The fraction of sp³-hybridized carbons (Fsp3) is 0.750. The molecule has 0 aromatic carbocycles. The van der Waals surface area contributed by atoms with Gasteiger partial charge in [0.2, 0.25) is 10.0 Å². The molecule has 6 heteroatoms. The zero-order chi connectivity index (χ0) is 13.2. The second kappa shape index (κ2) is 5.01. The van der Waals surface area contributed by atoms with Gasteiger partial charge in [-0.1, -0.05) is 19.8 Å². The van der Waals surface area contributed by atoms with Crippen molar-refractivity contribution in [1.29, 1.82) is 0 Å². The van der Waals surface area contributed by atoms with Gasteiger partial charge in [0, 0.05) is 6.54 Å². The summed E-state index contributed by atoms with van der Waals surface area (Å²) in [4.78, 5) is 0.256. The summed E-state index contributed by atoms with van der Waals surface area (Å²) in [7, 11) is -3.43. The molecule has 0 atom stereocenters. The first-order chi connectivity index (χ1) is 8.49. The molecule has 2 rings (SSSR count). The Morgan fingerprint density at radius 3 is 2.61 bits per heavy atom. The second-order valence-electron chi connectivity index (χ2n) is 5.24. The Hall–Kier alpha value is -0.880. The minimum Gasteiger partial charge on any atom is -0.281 e. The molecule has 1 saturated carbocycles. The van der Waals surface area contributed by atoms with E-state index >= 15 is 0 Å². The Morgan fingerprint density at radius 1 is 1.44 bits per heavy atom. The lowest BCUT2D eigenvalue weighted by Crippen LogP contribution is -2.35. The zero-order valence-corrected chi connectivity index (χ0v) is 11.8. The Morgan fingerprint density at radius 2 is 2.11 bits per heavy atom. The Balaban J connectivity index is 2.08. The van der Waals surface area contributed by atoms with Crippen LogP contribution in [0.1, 0.15) is 44.7 Å². The molecule has 1 aliphatic carbocycles. The molecule has 1 fully saturated rings. The molecule has 0 bridgehead atoms. The number of H-pyrrole nitrogens is 1. The van der Waals surface area contributed by atoms with Crippen LogP contribution >= 0.6 is 0 Å². The third-order valence-corrected chi connectivity index (χ3v) is 5.64. The molecule has 5 nitrogen and oxygen atoms in total. The van der Waals surface area contributed by atoms with Crippen molar-refractivity contribution in [2.45, 2.75) is 50.8 Å². The molecule has 2 N–H and O–H groups in total. The van der Waals surface area contributed by atoms with Crippen LogP contribution in [-0.2, 0) is 10.0 Å². The van der Waals surface area contributed by atoms with Crippen LogP contribution in [0.2, 0.25) is 0 Å². The van der Waals surface area contributed by atoms with Crippen LogP contribution < -0.4 is 4.72 Å². The highest BCUT2D eigenvalue weighted by Gasteiger charge is 2.33. The molecule has 102 valence electrons. The van der Waals surface area contributed by atoms with Gasteiger partial charge < -0.3 is 0 Å². The van der Waals surface area contributed by atoms with Crippen LogP contribution in [-0.4, -0.2) is 25.2 Å². The minimum atomic E-state index is -3.43. The molecule has 0 aliphatic heterocycles. The number of nitrogens with one attached hydrogen (secondary N) is 2. The van der Waals surface area contributed by atoms with Gasteiger partial charge in [0.1, 0.15) is 4.90 Å². The zero-order valence-electron chi connectivity index (χ0n) is 11.0. The van der Waals surface area contributed by atoms with Crippen molar-refractivity contribution in [3.05, 3.63) is 11.9 Å². The van der Waals surface area contributed by atoms with Crippen LogP contribution in [0.3, 0.4) is 0 Å². The monoisotopic (exact) mass is 271 g/mol. The van der Waals surface area contributed by atoms with Crippen LogP contribution in [0.5, 0.6) is 0 Å². The van der Waals surface area contributed by atoms with Crippen molar-refractivity contribution in [2.75, 3.05) is 6.54 Å². The van der Waals surface area contributed by atoms with E-state index in [0.717, 1.165) is 19.3 Å². The van der Waals surface area contributed by atoms with Crippen LogP contribution in [0, 0.1) is 12.3 Å². The third-order valence-electron chi connectivity index (χ3n) is 4.12. The summed E-state index contributed by atoms with van der Waals surface area (Å²) in [5.74, 6) is 0. The first kappa shape index (κ1) is 13.5. The summed E-state index contributed by atoms with van der Waals surface area (Å²) in [6, 6.07) is 0. The van der Waals surface area contributed by atoms with E-state index in [0.29, 0.717) is 12.2 Å². The summed E-state index contributed by atoms with van der Waals surface area (Å²) < 4.78 is 27.1. The van der Waals surface area contributed by atoms with E-state index in [9.17, 15) is 8.42 Å². The molecule has 0 spiro atoms. The molecule has 0 amide bonds. The van der Waals surface area contributed by atoms with E-state index in [1.165, 1.54) is 19.0 Å². The molecule has 1 aromatic rings. The van der Waals surface area contributed by atoms with Crippen LogP contribution in [0.25, 0.3) is 0 Å². The highest BCUT2D eigenvalue weighted by atomic mass is 32.2. The van der Waals surface area contributed by atoms with Gasteiger partial charge in [-0.2, -0.15) is 5.10 Å². The molecule has 0 saturated heterocycles. The van der Waals surface area contributed by atoms with Gasteiger partial charge in [-0.05, 0) is 31.6 Å². The summed E-state index contributed by atoms with van der Waals surface area (Å²) in [5.41, 5.74) is 0.740. The molecule has 1 aromatic heterocycles. The largest absolute Gasteiger partial charge is 0.281 e. The standard InChI is InChI=1S/C12H21N3O2S/c1-3-12(6-4-5-7-12)9-14-18(16,17)11-8-13-15-10(11)2/h8,14H,3-7,9H2,1-2H3,(H,13,15). The van der Waals surface area contributed by atoms with Crippen molar-refractivity contribution in [1.82, 2.24) is 14.9 Å². The maximum absolute atomic E-state index is 12.2. The molecular weight excluding hydrogens is 250 g/mol. The maximum Gasteiger partial charge on any atom is 0.243 e. The lowest BCUT2D eigenvalue weighted by atomic mass is 9.84. The van der Waals surface area contributed by atoms with Crippen molar-refractivity contribution < 1.29 is 8.42 Å². The van der Waals surface area contributed by atoms with Crippen LogP contribution in [0.4, 0.5) is 0 Å². The molecule has 18 heavy (non-hydrogen) atoms. The number of sulfonamides is 1. The van der Waals surface area contributed by atoms with E-state index in [2.05, 4.69) is 21.8 Å². The molecule has 0 unspecified atom stereocenters. The maximum atomic E-state index is 12.2. The third kappa shape index (κ3) is 2.59. The van der Waals surface area contributed by atoms with E-state index in [1.54, 1.807) is 6.92 Å². The second-order valence-corrected chi connectivity index (χ2v) is 6.98. The number of rotatable bonds is 5. The first-order valence-corrected chi connectivity index (χ1v) is 7.97. The van der Waals surface area contributed by atoms with Crippen LogP contribution in [0.15, 0.2) is 11.1 Å². The Labute approximate surface area is 108 Å². The van der Waals surface area contributed by atoms with Crippen molar-refractivity contribution in [3.8, 4) is 0 Å². The average molecular weight is 271 g/mol. The van der Waals surface area contributed by atoms with Crippen molar-refractivity contribution >= 4 is 10.0 Å². The number of aromatic amines is 1. The molecule has 1 heterocycles. The number of hydrogen-bond donors (Lipinski definition) is 2. The van der Waals surface area contributed by atoms with Gasteiger partial charge in [0.05, 0.1) is 11.9 Å². The predicted octanol–water partition coefficient (Wildman–Crippen LogP) is 1.97. The predicted molar refractivity (Wildman–Crippen MR) is 69.7 cm³/mol. The molecular formula is C12H21N3O2S. The SMILES string of the molecule is CCC1(CNS(=O)(=O)c2cn[nH]c2C)CCCC1. The summed E-state index contributed by atoms with van der Waals surface area (Å²) in [6.45, 7) is 4.39. The normalized spacial score (nSPS) is 19.2. The fourth-order valence-corrected chi connectivity index (χ4v) is 4.01. The van der Waals surface area contributed by atoms with Crippen molar-refractivity contribution in [2.24, 2.45) is 5.41 Å². The Bertz CT molecular complexity index is 501. The fourth-order valence-electron chi connectivity index (χ4n) is 2.72. The quantitative estimate of drug-likeness (QED) is 0.859. The summed E-state index contributed by atoms with van der Waals surface area (Å²) in [6.07, 6.45) is 7.05. The summed E-state index contributed by atoms with van der Waals surface area (Å²) >= 11 is 0. The van der Waals surface area contributed by atoms with Gasteiger partial charge in [-0.25, -0.2) is 13.1 Å². The number of aromatic nitrogens is 2. The summed E-state index contributed by atoms with van der Waals surface area (Å²) in [5, 5.41) is 6.42. The van der Waals surface area contributed by atoms with Crippen molar-refractivity contribution in [3.63, 3.8) is 0 Å². The lowest BCUT2D eigenvalue weighted by molar-refractivity contribution is 0.285. The number of hydrogen-bond acceptors (Lipinski definition) is 3. The van der Waals surface area contributed by atoms with Gasteiger partial charge in [-0.3, -0.25) is 5.10 Å². The minimum absolute atomic E-state index is 0.157. The average Bonchev–Trinajstić information content (AvgIpc) is 2.96. The van der Waals surface area contributed by atoms with Gasteiger partial charge >= 0.3 is 0 Å². The first-order valence-electron chi connectivity index (χ1n) is 6.49. The number of nitrogens with zero attached hydrogens (tertiary/aromatic N) is 1. The molecule has 0 radical (unpaired) electrons.